The molecular weight excluding hydrogens is 323 g/mol. The summed E-state index contributed by atoms with van der Waals surface area (Å²) < 4.78 is 18.2. The number of amides is 1. The molecule has 1 aromatic carbocycles. The Hall–Kier alpha value is -2.51. The Bertz CT molecular complexity index is 685. The van der Waals surface area contributed by atoms with Crippen LogP contribution in [0.25, 0.3) is 0 Å². The molecule has 0 unspecified atom stereocenters. The molecular formula is C18H21FN4O2. The lowest BCUT2D eigenvalue weighted by atomic mass is 10.2. The summed E-state index contributed by atoms with van der Waals surface area (Å²) in [7, 11) is 0. The van der Waals surface area contributed by atoms with Crippen LogP contribution in [0.5, 0.6) is 0 Å². The zero-order chi connectivity index (χ0) is 17.5. The van der Waals surface area contributed by atoms with E-state index in [4.69, 9.17) is 4.74 Å². The first-order chi connectivity index (χ1) is 12.2. The van der Waals surface area contributed by atoms with Crippen LogP contribution in [0.4, 0.5) is 15.9 Å². The van der Waals surface area contributed by atoms with Gasteiger partial charge in [-0.25, -0.2) is 9.37 Å². The Kier molecular flexibility index (Phi) is 5.92. The number of carbonyl (C=O) groups is 1. The molecule has 6 nitrogen and oxygen atoms in total. The van der Waals surface area contributed by atoms with Gasteiger partial charge in [0.15, 0.2) is 0 Å². The minimum Gasteiger partial charge on any atom is -0.379 e. The molecule has 7 heteroatoms. The van der Waals surface area contributed by atoms with E-state index in [1.165, 1.54) is 24.3 Å². The third-order valence-electron chi connectivity index (χ3n) is 3.97. The lowest BCUT2D eigenvalue weighted by Gasteiger charge is -2.26. The molecule has 1 aromatic heterocycles. The largest absolute Gasteiger partial charge is 0.379 e. The van der Waals surface area contributed by atoms with Gasteiger partial charge in [-0.15, -0.1) is 0 Å². The van der Waals surface area contributed by atoms with Crippen molar-refractivity contribution < 1.29 is 13.9 Å². The number of nitrogens with one attached hydrogen (secondary N) is 2. The molecule has 0 radical (unpaired) electrons. The Morgan fingerprint density at radius 2 is 1.92 bits per heavy atom. The average Bonchev–Trinajstić information content (AvgIpc) is 2.64. The van der Waals surface area contributed by atoms with E-state index in [0.29, 0.717) is 11.3 Å². The molecule has 0 atom stereocenters. The Labute approximate surface area is 146 Å². The molecule has 2 aromatic rings. The second-order valence-corrected chi connectivity index (χ2v) is 5.77. The van der Waals surface area contributed by atoms with E-state index in [9.17, 15) is 9.18 Å². The number of halogens is 1. The van der Waals surface area contributed by atoms with Crippen LogP contribution >= 0.6 is 0 Å². The average molecular weight is 344 g/mol. The van der Waals surface area contributed by atoms with Crippen LogP contribution < -0.4 is 10.6 Å². The van der Waals surface area contributed by atoms with Gasteiger partial charge in [-0.2, -0.15) is 0 Å². The van der Waals surface area contributed by atoms with Gasteiger partial charge in [0, 0.05) is 31.7 Å². The minimum atomic E-state index is -0.370. The molecule has 0 saturated carbocycles. The van der Waals surface area contributed by atoms with Crippen molar-refractivity contribution in [2.24, 2.45) is 0 Å². The van der Waals surface area contributed by atoms with Crippen LogP contribution in [0, 0.1) is 5.82 Å². The smallest absolute Gasteiger partial charge is 0.255 e. The number of nitrogens with zero attached hydrogens (tertiary/aromatic N) is 2. The van der Waals surface area contributed by atoms with E-state index in [-0.39, 0.29) is 11.7 Å². The zero-order valence-corrected chi connectivity index (χ0v) is 13.9. The first kappa shape index (κ1) is 17.3. The number of rotatable bonds is 6. The molecule has 0 aliphatic carbocycles. The molecule has 1 amide bonds. The lowest BCUT2D eigenvalue weighted by molar-refractivity contribution is 0.0398. The van der Waals surface area contributed by atoms with E-state index >= 15 is 0 Å². The van der Waals surface area contributed by atoms with Gasteiger partial charge in [0.25, 0.3) is 5.91 Å². The van der Waals surface area contributed by atoms with Crippen LogP contribution in [0.2, 0.25) is 0 Å². The van der Waals surface area contributed by atoms with Crippen molar-refractivity contribution in [1.82, 2.24) is 9.88 Å². The van der Waals surface area contributed by atoms with Gasteiger partial charge >= 0.3 is 0 Å². The molecule has 1 fully saturated rings. The van der Waals surface area contributed by atoms with E-state index in [1.54, 1.807) is 12.3 Å². The Morgan fingerprint density at radius 1 is 1.16 bits per heavy atom. The van der Waals surface area contributed by atoms with Crippen molar-refractivity contribution >= 4 is 17.4 Å². The molecule has 3 rings (SSSR count). The van der Waals surface area contributed by atoms with Gasteiger partial charge < -0.3 is 15.4 Å². The standard InChI is InChI=1S/C18H21FN4O2/c19-15-3-1-14(2-4-15)18(24)22-16-5-6-17(21-13-16)20-7-8-23-9-11-25-12-10-23/h1-6,13H,7-12H2,(H,20,21)(H,22,24). The molecule has 2 heterocycles. The van der Waals surface area contributed by atoms with Gasteiger partial charge in [-0.3, -0.25) is 9.69 Å². The number of carbonyl (C=O) groups excluding carboxylic acids is 1. The molecule has 25 heavy (non-hydrogen) atoms. The Balaban J connectivity index is 1.46. The number of aromatic nitrogens is 1. The quantitative estimate of drug-likeness (QED) is 0.841. The second kappa shape index (κ2) is 8.55. The van der Waals surface area contributed by atoms with Crippen LogP contribution in [0.3, 0.4) is 0 Å². The topological polar surface area (TPSA) is 66.5 Å². The number of benzene rings is 1. The molecule has 2 N–H and O–H groups in total. The summed E-state index contributed by atoms with van der Waals surface area (Å²) in [5.74, 6) is 0.0913. The maximum Gasteiger partial charge on any atom is 0.255 e. The van der Waals surface area contributed by atoms with Gasteiger partial charge in [0.2, 0.25) is 0 Å². The summed E-state index contributed by atoms with van der Waals surface area (Å²) in [5, 5.41) is 6.00. The van der Waals surface area contributed by atoms with Crippen molar-refractivity contribution in [3.8, 4) is 0 Å². The maximum absolute atomic E-state index is 12.9. The van der Waals surface area contributed by atoms with E-state index < -0.39 is 0 Å². The lowest BCUT2D eigenvalue weighted by Crippen LogP contribution is -2.39. The monoisotopic (exact) mass is 344 g/mol. The van der Waals surface area contributed by atoms with Gasteiger partial charge in [0.1, 0.15) is 11.6 Å². The maximum atomic E-state index is 12.9. The Morgan fingerprint density at radius 3 is 2.60 bits per heavy atom. The number of morpholine rings is 1. The third kappa shape index (κ3) is 5.23. The van der Waals surface area contributed by atoms with E-state index in [2.05, 4.69) is 20.5 Å². The van der Waals surface area contributed by atoms with Crippen LogP contribution in [-0.2, 0) is 4.74 Å². The summed E-state index contributed by atoms with van der Waals surface area (Å²) in [6.07, 6.45) is 1.60. The fraction of sp³-hybridized carbons (Fsp3) is 0.333. The van der Waals surface area contributed by atoms with Gasteiger partial charge in [-0.1, -0.05) is 0 Å². The zero-order valence-electron chi connectivity index (χ0n) is 13.9. The molecule has 1 aliphatic heterocycles. The molecule has 1 aliphatic rings. The van der Waals surface area contributed by atoms with Crippen molar-refractivity contribution in [3.05, 3.63) is 54.0 Å². The highest BCUT2D eigenvalue weighted by molar-refractivity contribution is 6.04. The van der Waals surface area contributed by atoms with Gasteiger partial charge in [0.05, 0.1) is 25.1 Å². The summed E-state index contributed by atoms with van der Waals surface area (Å²) in [5.41, 5.74) is 0.988. The highest BCUT2D eigenvalue weighted by atomic mass is 19.1. The third-order valence-corrected chi connectivity index (χ3v) is 3.97. The van der Waals surface area contributed by atoms with Crippen LogP contribution in [-0.4, -0.2) is 55.2 Å². The molecule has 0 bridgehead atoms. The summed E-state index contributed by atoms with van der Waals surface area (Å²) in [6, 6.07) is 9.01. The number of hydrogen-bond acceptors (Lipinski definition) is 5. The molecule has 1 saturated heterocycles. The number of anilines is 2. The minimum absolute atomic E-state index is 0.296. The highest BCUT2D eigenvalue weighted by Gasteiger charge is 2.09. The molecule has 0 spiro atoms. The van der Waals surface area contributed by atoms with Gasteiger partial charge in [-0.05, 0) is 36.4 Å². The fourth-order valence-corrected chi connectivity index (χ4v) is 2.54. The van der Waals surface area contributed by atoms with Crippen molar-refractivity contribution in [3.63, 3.8) is 0 Å². The number of hydrogen-bond donors (Lipinski definition) is 2. The van der Waals surface area contributed by atoms with Crippen LogP contribution in [0.15, 0.2) is 42.6 Å². The summed E-state index contributed by atoms with van der Waals surface area (Å²) >= 11 is 0. The predicted molar refractivity (Wildman–Crippen MR) is 94.3 cm³/mol. The fourth-order valence-electron chi connectivity index (χ4n) is 2.54. The highest BCUT2D eigenvalue weighted by Crippen LogP contribution is 2.12. The normalized spacial score (nSPS) is 14.9. The second-order valence-electron chi connectivity index (χ2n) is 5.77. The number of pyridine rings is 1. The SMILES string of the molecule is O=C(Nc1ccc(NCCN2CCOCC2)nc1)c1ccc(F)cc1. The van der Waals surface area contributed by atoms with E-state index in [0.717, 1.165) is 45.2 Å². The first-order valence-electron chi connectivity index (χ1n) is 8.28. The summed E-state index contributed by atoms with van der Waals surface area (Å²) in [6.45, 7) is 5.25. The molecule has 132 valence electrons. The van der Waals surface area contributed by atoms with Crippen molar-refractivity contribution in [2.75, 3.05) is 50.0 Å². The van der Waals surface area contributed by atoms with E-state index in [1.807, 2.05) is 6.07 Å². The number of ether oxygens (including phenoxy) is 1. The summed E-state index contributed by atoms with van der Waals surface area (Å²) in [4.78, 5) is 18.7. The van der Waals surface area contributed by atoms with Crippen molar-refractivity contribution in [1.29, 1.82) is 0 Å². The van der Waals surface area contributed by atoms with Crippen LogP contribution in [0.1, 0.15) is 10.4 Å². The van der Waals surface area contributed by atoms with Crippen molar-refractivity contribution in [2.45, 2.75) is 0 Å². The first-order valence-corrected chi connectivity index (χ1v) is 8.28. The predicted octanol–water partition coefficient (Wildman–Crippen LogP) is 2.22.